The maximum atomic E-state index is 10.6. The average Bonchev–Trinajstić information content (AvgIpc) is 3.03. The highest BCUT2D eigenvalue weighted by Crippen LogP contribution is 2.20. The minimum Gasteiger partial charge on any atom is -0.481 e. The lowest BCUT2D eigenvalue weighted by atomic mass is 10.2. The van der Waals surface area contributed by atoms with Gasteiger partial charge in [0.15, 0.2) is 0 Å². The van der Waals surface area contributed by atoms with Gasteiger partial charge in [-0.2, -0.15) is 5.10 Å². The number of fused-ring (bicyclic) bond motifs is 1. The highest BCUT2D eigenvalue weighted by molar-refractivity contribution is 7.12. The minimum absolute atomic E-state index is 0.0889. The predicted molar refractivity (Wildman–Crippen MR) is 79.1 cm³/mol. The fourth-order valence-corrected chi connectivity index (χ4v) is 2.95. The quantitative estimate of drug-likeness (QED) is 0.674. The third-order valence-corrected chi connectivity index (χ3v) is 4.03. The predicted octanol–water partition coefficient (Wildman–Crippen LogP) is 2.86. The molecule has 3 N–H and O–H groups in total. The SMILES string of the molecule is O=C(O)Cc1ccc(CNc2ccc3[nH]ncc3c2)s1. The number of anilines is 1. The van der Waals surface area contributed by atoms with Crippen molar-refractivity contribution in [2.75, 3.05) is 5.32 Å². The van der Waals surface area contributed by atoms with Gasteiger partial charge in [-0.3, -0.25) is 9.89 Å². The second-order valence-corrected chi connectivity index (χ2v) is 5.72. The van der Waals surface area contributed by atoms with Gasteiger partial charge in [0.1, 0.15) is 0 Å². The van der Waals surface area contributed by atoms with Crippen LogP contribution < -0.4 is 5.32 Å². The number of hydrogen-bond acceptors (Lipinski definition) is 4. The number of thiophene rings is 1. The van der Waals surface area contributed by atoms with Gasteiger partial charge in [-0.15, -0.1) is 11.3 Å². The lowest BCUT2D eigenvalue weighted by Gasteiger charge is -2.04. The van der Waals surface area contributed by atoms with Crippen LogP contribution in [0.25, 0.3) is 10.9 Å². The molecule has 0 amide bonds. The Morgan fingerprint density at radius 3 is 3.00 bits per heavy atom. The lowest BCUT2D eigenvalue weighted by molar-refractivity contribution is -0.136. The van der Waals surface area contributed by atoms with E-state index in [4.69, 9.17) is 5.11 Å². The Hall–Kier alpha value is -2.34. The smallest absolute Gasteiger partial charge is 0.308 e. The Morgan fingerprint density at radius 2 is 2.15 bits per heavy atom. The maximum absolute atomic E-state index is 10.6. The lowest BCUT2D eigenvalue weighted by Crippen LogP contribution is -1.98. The number of rotatable bonds is 5. The normalized spacial score (nSPS) is 10.8. The van der Waals surface area contributed by atoms with Gasteiger partial charge in [0.2, 0.25) is 0 Å². The molecule has 3 rings (SSSR count). The topological polar surface area (TPSA) is 78.0 Å². The fraction of sp³-hybridized carbons (Fsp3) is 0.143. The summed E-state index contributed by atoms with van der Waals surface area (Å²) in [5.74, 6) is -0.795. The average molecular weight is 287 g/mol. The Bertz CT molecular complexity index is 748. The van der Waals surface area contributed by atoms with Crippen molar-refractivity contribution in [2.24, 2.45) is 0 Å². The summed E-state index contributed by atoms with van der Waals surface area (Å²) >= 11 is 1.52. The van der Waals surface area contributed by atoms with Crippen molar-refractivity contribution in [3.63, 3.8) is 0 Å². The monoisotopic (exact) mass is 287 g/mol. The van der Waals surface area contributed by atoms with E-state index in [9.17, 15) is 4.79 Å². The van der Waals surface area contributed by atoms with Crippen LogP contribution in [-0.4, -0.2) is 21.3 Å². The van der Waals surface area contributed by atoms with Crippen molar-refractivity contribution in [3.8, 4) is 0 Å². The largest absolute Gasteiger partial charge is 0.481 e. The van der Waals surface area contributed by atoms with E-state index < -0.39 is 5.97 Å². The first-order valence-corrected chi connectivity index (χ1v) is 6.99. The first kappa shape index (κ1) is 12.7. The van der Waals surface area contributed by atoms with Crippen molar-refractivity contribution in [1.29, 1.82) is 0 Å². The van der Waals surface area contributed by atoms with Gasteiger partial charge in [-0.05, 0) is 30.3 Å². The van der Waals surface area contributed by atoms with Gasteiger partial charge < -0.3 is 10.4 Å². The van der Waals surface area contributed by atoms with Crippen molar-refractivity contribution in [3.05, 3.63) is 46.3 Å². The summed E-state index contributed by atoms with van der Waals surface area (Å²) in [4.78, 5) is 12.6. The van der Waals surface area contributed by atoms with Crippen LogP contribution in [0.2, 0.25) is 0 Å². The van der Waals surface area contributed by atoms with Gasteiger partial charge in [0, 0.05) is 27.4 Å². The van der Waals surface area contributed by atoms with Gasteiger partial charge in [0.05, 0.1) is 18.1 Å². The summed E-state index contributed by atoms with van der Waals surface area (Å²) in [6.07, 6.45) is 1.88. The molecule has 2 heterocycles. The Labute approximate surface area is 119 Å². The number of aromatic nitrogens is 2. The van der Waals surface area contributed by atoms with E-state index in [1.54, 1.807) is 6.20 Å². The summed E-state index contributed by atoms with van der Waals surface area (Å²) < 4.78 is 0. The van der Waals surface area contributed by atoms with E-state index in [-0.39, 0.29) is 6.42 Å². The van der Waals surface area contributed by atoms with Gasteiger partial charge >= 0.3 is 5.97 Å². The minimum atomic E-state index is -0.795. The van der Waals surface area contributed by atoms with Crippen molar-refractivity contribution in [1.82, 2.24) is 10.2 Å². The highest BCUT2D eigenvalue weighted by atomic mass is 32.1. The second-order valence-electron chi connectivity index (χ2n) is 4.46. The first-order chi connectivity index (χ1) is 9.70. The molecular weight excluding hydrogens is 274 g/mol. The molecule has 0 fully saturated rings. The van der Waals surface area contributed by atoms with E-state index >= 15 is 0 Å². The van der Waals surface area contributed by atoms with Crippen LogP contribution >= 0.6 is 11.3 Å². The molecule has 2 aromatic heterocycles. The van der Waals surface area contributed by atoms with Crippen LogP contribution in [0.5, 0.6) is 0 Å². The van der Waals surface area contributed by atoms with Gasteiger partial charge in [0.25, 0.3) is 0 Å². The van der Waals surface area contributed by atoms with E-state index in [1.807, 2.05) is 30.3 Å². The Morgan fingerprint density at radius 1 is 1.30 bits per heavy atom. The number of carboxylic acids is 1. The summed E-state index contributed by atoms with van der Waals surface area (Å²) in [6, 6.07) is 9.84. The molecule has 0 spiro atoms. The van der Waals surface area contributed by atoms with Crippen LogP contribution in [0.15, 0.2) is 36.5 Å². The molecule has 1 aromatic carbocycles. The summed E-state index contributed by atoms with van der Waals surface area (Å²) in [6.45, 7) is 0.688. The zero-order chi connectivity index (χ0) is 13.9. The zero-order valence-corrected chi connectivity index (χ0v) is 11.4. The molecular formula is C14H13N3O2S. The Balaban J connectivity index is 1.66. The van der Waals surface area contributed by atoms with Crippen molar-refractivity contribution < 1.29 is 9.90 Å². The molecule has 0 aliphatic heterocycles. The number of nitrogens with zero attached hydrogens (tertiary/aromatic N) is 1. The molecule has 20 heavy (non-hydrogen) atoms. The van der Waals surface area contributed by atoms with E-state index in [0.717, 1.165) is 26.3 Å². The molecule has 5 nitrogen and oxygen atoms in total. The molecule has 0 saturated carbocycles. The van der Waals surface area contributed by atoms with Crippen molar-refractivity contribution in [2.45, 2.75) is 13.0 Å². The van der Waals surface area contributed by atoms with Crippen LogP contribution in [0.3, 0.4) is 0 Å². The number of aliphatic carboxylic acids is 1. The summed E-state index contributed by atoms with van der Waals surface area (Å²) in [5.41, 5.74) is 2.03. The van der Waals surface area contributed by atoms with Crippen LogP contribution in [0.1, 0.15) is 9.75 Å². The van der Waals surface area contributed by atoms with Crippen LogP contribution in [-0.2, 0) is 17.8 Å². The van der Waals surface area contributed by atoms with E-state index in [0.29, 0.717) is 6.54 Å². The summed E-state index contributed by atoms with van der Waals surface area (Å²) in [7, 11) is 0. The van der Waals surface area contributed by atoms with Crippen LogP contribution in [0, 0.1) is 0 Å². The number of H-pyrrole nitrogens is 1. The first-order valence-electron chi connectivity index (χ1n) is 6.17. The number of benzene rings is 1. The molecule has 0 aliphatic carbocycles. The molecule has 3 aromatic rings. The number of nitrogens with one attached hydrogen (secondary N) is 2. The molecule has 0 bridgehead atoms. The van der Waals surface area contributed by atoms with Gasteiger partial charge in [-0.25, -0.2) is 0 Å². The molecule has 0 aliphatic rings. The van der Waals surface area contributed by atoms with E-state index in [2.05, 4.69) is 15.5 Å². The second kappa shape index (κ2) is 5.34. The number of carbonyl (C=O) groups is 1. The number of carboxylic acid groups (broad SMARTS) is 1. The van der Waals surface area contributed by atoms with Gasteiger partial charge in [-0.1, -0.05) is 0 Å². The van der Waals surface area contributed by atoms with Crippen LogP contribution in [0.4, 0.5) is 5.69 Å². The number of hydrogen-bond donors (Lipinski definition) is 3. The molecule has 102 valence electrons. The molecule has 6 heteroatoms. The highest BCUT2D eigenvalue weighted by Gasteiger charge is 2.05. The molecule has 0 unspecified atom stereocenters. The molecule has 0 radical (unpaired) electrons. The third-order valence-electron chi connectivity index (χ3n) is 2.95. The summed E-state index contributed by atoms with van der Waals surface area (Å²) in [5, 5.41) is 20.0. The molecule has 0 atom stereocenters. The molecule has 0 saturated heterocycles. The maximum Gasteiger partial charge on any atom is 0.308 e. The standard InChI is InChI=1S/C14H13N3O2S/c18-14(19)6-11-2-3-12(20-11)8-15-10-1-4-13-9(5-10)7-16-17-13/h1-5,7,15H,6,8H2,(H,16,17)(H,18,19). The number of aromatic amines is 1. The fourth-order valence-electron chi connectivity index (χ4n) is 2.00. The zero-order valence-electron chi connectivity index (χ0n) is 10.6. The van der Waals surface area contributed by atoms with Crippen molar-refractivity contribution >= 4 is 33.9 Å². The Kier molecular flexibility index (Phi) is 3.39. The third kappa shape index (κ3) is 2.80. The van der Waals surface area contributed by atoms with E-state index in [1.165, 1.54) is 11.3 Å².